The maximum Gasteiger partial charge on any atom is 0.271 e. The summed E-state index contributed by atoms with van der Waals surface area (Å²) in [5.41, 5.74) is 6.36. The SMILES string of the molecule is Cl.NC(=O)c1ncn2c(C(=O)NCCC3CCNC3)cc(-c3ccco3)nc12. The molecule has 1 aliphatic heterocycles. The zero-order valence-corrected chi connectivity index (χ0v) is 15.9. The van der Waals surface area contributed by atoms with Crippen LogP contribution >= 0.6 is 12.4 Å². The van der Waals surface area contributed by atoms with Crippen molar-refractivity contribution >= 4 is 29.9 Å². The smallest absolute Gasteiger partial charge is 0.271 e. The molecular formula is C18H21ClN6O3. The van der Waals surface area contributed by atoms with Crippen LogP contribution in [0.25, 0.3) is 17.1 Å². The molecule has 1 aliphatic rings. The quantitative estimate of drug-likeness (QED) is 0.567. The number of nitrogens with two attached hydrogens (primary N) is 1. The van der Waals surface area contributed by atoms with Crippen LogP contribution in [0.4, 0.5) is 0 Å². The molecule has 0 saturated carbocycles. The van der Waals surface area contributed by atoms with E-state index in [1.807, 2.05) is 0 Å². The van der Waals surface area contributed by atoms with Gasteiger partial charge in [0, 0.05) is 6.54 Å². The van der Waals surface area contributed by atoms with E-state index in [9.17, 15) is 9.59 Å². The van der Waals surface area contributed by atoms with Crippen LogP contribution in [0.3, 0.4) is 0 Å². The van der Waals surface area contributed by atoms with Crippen LogP contribution in [0.1, 0.15) is 33.8 Å². The Morgan fingerprint density at radius 3 is 2.96 bits per heavy atom. The number of furan rings is 1. The number of hydrogen-bond acceptors (Lipinski definition) is 6. The highest BCUT2D eigenvalue weighted by Crippen LogP contribution is 2.22. The molecule has 4 heterocycles. The summed E-state index contributed by atoms with van der Waals surface area (Å²) in [6.45, 7) is 2.59. The fourth-order valence-electron chi connectivity index (χ4n) is 3.31. The van der Waals surface area contributed by atoms with Gasteiger partial charge in [-0.15, -0.1) is 12.4 Å². The second kappa shape index (κ2) is 8.41. The van der Waals surface area contributed by atoms with Gasteiger partial charge in [0.05, 0.1) is 6.26 Å². The third-order valence-electron chi connectivity index (χ3n) is 4.74. The Labute approximate surface area is 167 Å². The van der Waals surface area contributed by atoms with Crippen LogP contribution in [0, 0.1) is 5.92 Å². The molecule has 10 heteroatoms. The predicted molar refractivity (Wildman–Crippen MR) is 104 cm³/mol. The fraction of sp³-hybridized carbons (Fsp3) is 0.333. The topological polar surface area (TPSA) is 128 Å². The molecule has 3 aromatic heterocycles. The van der Waals surface area contributed by atoms with Crippen molar-refractivity contribution in [1.29, 1.82) is 0 Å². The van der Waals surface area contributed by atoms with Crippen molar-refractivity contribution in [3.63, 3.8) is 0 Å². The number of amides is 2. The van der Waals surface area contributed by atoms with Crippen molar-refractivity contribution < 1.29 is 14.0 Å². The lowest BCUT2D eigenvalue weighted by atomic mass is 10.1. The number of nitrogens with one attached hydrogen (secondary N) is 2. The second-order valence-corrected chi connectivity index (χ2v) is 6.56. The molecular weight excluding hydrogens is 384 g/mol. The van der Waals surface area contributed by atoms with Gasteiger partial charge in [0.15, 0.2) is 17.1 Å². The first kappa shape index (κ1) is 19.8. The standard InChI is InChI=1S/C18H20N6O3.ClH/c19-16(25)15-17-23-12(14-2-1-7-27-14)8-13(24(17)10-22-15)18(26)21-6-4-11-3-5-20-9-11;/h1-2,7-8,10-11,20H,3-6,9H2,(H2,19,25)(H,21,26);1H. The highest BCUT2D eigenvalue weighted by molar-refractivity contribution is 5.99. The largest absolute Gasteiger partial charge is 0.463 e. The van der Waals surface area contributed by atoms with Crippen molar-refractivity contribution in [3.8, 4) is 11.5 Å². The van der Waals surface area contributed by atoms with E-state index in [2.05, 4.69) is 20.6 Å². The molecule has 1 saturated heterocycles. The van der Waals surface area contributed by atoms with Gasteiger partial charge in [-0.25, -0.2) is 9.97 Å². The van der Waals surface area contributed by atoms with Crippen LogP contribution in [0.15, 0.2) is 35.2 Å². The van der Waals surface area contributed by atoms with E-state index in [0.717, 1.165) is 25.9 Å². The number of halogens is 1. The molecule has 0 spiro atoms. The molecule has 3 aromatic rings. The number of carbonyl (C=O) groups excluding carboxylic acids is 2. The number of primary amides is 1. The van der Waals surface area contributed by atoms with Crippen molar-refractivity contribution in [2.45, 2.75) is 12.8 Å². The van der Waals surface area contributed by atoms with Gasteiger partial charge >= 0.3 is 0 Å². The van der Waals surface area contributed by atoms with Crippen molar-refractivity contribution in [2.75, 3.05) is 19.6 Å². The number of rotatable bonds is 6. The lowest BCUT2D eigenvalue weighted by molar-refractivity contribution is 0.0943. The normalized spacial score (nSPS) is 16.1. The Balaban J connectivity index is 0.00000225. The molecule has 0 bridgehead atoms. The first-order valence-electron chi connectivity index (χ1n) is 8.84. The molecule has 2 amide bonds. The maximum absolute atomic E-state index is 12.8. The molecule has 0 radical (unpaired) electrons. The molecule has 0 aromatic carbocycles. The van der Waals surface area contributed by atoms with Gasteiger partial charge in [-0.2, -0.15) is 0 Å². The maximum atomic E-state index is 12.8. The Hall–Kier alpha value is -2.91. The van der Waals surface area contributed by atoms with Gasteiger partial charge < -0.3 is 20.8 Å². The average molecular weight is 405 g/mol. The first-order chi connectivity index (χ1) is 13.1. The number of fused-ring (bicyclic) bond motifs is 1. The van der Waals surface area contributed by atoms with E-state index in [4.69, 9.17) is 10.2 Å². The lowest BCUT2D eigenvalue weighted by Crippen LogP contribution is -2.28. The highest BCUT2D eigenvalue weighted by atomic mass is 35.5. The van der Waals surface area contributed by atoms with E-state index in [1.54, 1.807) is 18.2 Å². The van der Waals surface area contributed by atoms with E-state index >= 15 is 0 Å². The summed E-state index contributed by atoms with van der Waals surface area (Å²) in [7, 11) is 0. The summed E-state index contributed by atoms with van der Waals surface area (Å²) in [5, 5.41) is 6.25. The summed E-state index contributed by atoms with van der Waals surface area (Å²) in [6.07, 6.45) is 4.93. The van der Waals surface area contributed by atoms with Crippen LogP contribution in [-0.4, -0.2) is 45.8 Å². The number of hydrogen-bond donors (Lipinski definition) is 3. The summed E-state index contributed by atoms with van der Waals surface area (Å²) < 4.78 is 6.85. The highest BCUT2D eigenvalue weighted by Gasteiger charge is 2.21. The molecule has 4 N–H and O–H groups in total. The molecule has 28 heavy (non-hydrogen) atoms. The Morgan fingerprint density at radius 2 is 2.29 bits per heavy atom. The lowest BCUT2D eigenvalue weighted by Gasteiger charge is -2.11. The molecule has 1 fully saturated rings. The molecule has 1 unspecified atom stereocenters. The average Bonchev–Trinajstić information content (AvgIpc) is 3.40. The second-order valence-electron chi connectivity index (χ2n) is 6.56. The van der Waals surface area contributed by atoms with Crippen LogP contribution in [-0.2, 0) is 0 Å². The van der Waals surface area contributed by atoms with Crippen molar-refractivity contribution in [3.05, 3.63) is 42.2 Å². The first-order valence-corrected chi connectivity index (χ1v) is 8.84. The summed E-state index contributed by atoms with van der Waals surface area (Å²) >= 11 is 0. The third-order valence-corrected chi connectivity index (χ3v) is 4.74. The number of carbonyl (C=O) groups is 2. The molecule has 1 atom stereocenters. The van der Waals surface area contributed by atoms with Gasteiger partial charge in [-0.3, -0.25) is 14.0 Å². The Morgan fingerprint density at radius 1 is 1.43 bits per heavy atom. The number of aromatic nitrogens is 3. The summed E-state index contributed by atoms with van der Waals surface area (Å²) in [4.78, 5) is 32.8. The van der Waals surface area contributed by atoms with Crippen LogP contribution in [0.2, 0.25) is 0 Å². The van der Waals surface area contributed by atoms with Gasteiger partial charge in [0.1, 0.15) is 17.7 Å². The zero-order valence-electron chi connectivity index (χ0n) is 15.1. The molecule has 0 aliphatic carbocycles. The minimum Gasteiger partial charge on any atom is -0.463 e. The number of imidazole rings is 1. The van der Waals surface area contributed by atoms with Crippen molar-refractivity contribution in [1.82, 2.24) is 25.0 Å². The summed E-state index contributed by atoms with van der Waals surface area (Å²) in [6, 6.07) is 5.07. The Kier molecular flexibility index (Phi) is 5.96. The van der Waals surface area contributed by atoms with E-state index in [1.165, 1.54) is 17.0 Å². The predicted octanol–water partition coefficient (Wildman–Crippen LogP) is 1.24. The van der Waals surface area contributed by atoms with Crippen LogP contribution in [0.5, 0.6) is 0 Å². The van der Waals surface area contributed by atoms with Crippen LogP contribution < -0.4 is 16.4 Å². The van der Waals surface area contributed by atoms with Gasteiger partial charge in [-0.1, -0.05) is 0 Å². The van der Waals surface area contributed by atoms with E-state index in [0.29, 0.717) is 29.6 Å². The van der Waals surface area contributed by atoms with Crippen molar-refractivity contribution in [2.24, 2.45) is 11.7 Å². The van der Waals surface area contributed by atoms with Gasteiger partial charge in [0.25, 0.3) is 11.8 Å². The molecule has 4 rings (SSSR count). The number of nitrogens with zero attached hydrogens (tertiary/aromatic N) is 3. The minimum atomic E-state index is -0.707. The monoisotopic (exact) mass is 404 g/mol. The zero-order chi connectivity index (χ0) is 18.8. The van der Waals surface area contributed by atoms with E-state index in [-0.39, 0.29) is 29.7 Å². The molecule has 148 valence electrons. The molecule has 9 nitrogen and oxygen atoms in total. The van der Waals surface area contributed by atoms with Gasteiger partial charge in [0.2, 0.25) is 0 Å². The Bertz CT molecular complexity index is 979. The fourth-order valence-corrected chi connectivity index (χ4v) is 3.31. The minimum absolute atomic E-state index is 0. The van der Waals surface area contributed by atoms with E-state index < -0.39 is 5.91 Å². The van der Waals surface area contributed by atoms with Gasteiger partial charge in [-0.05, 0) is 50.0 Å². The third kappa shape index (κ3) is 3.85. The summed E-state index contributed by atoms with van der Waals surface area (Å²) in [5.74, 6) is 0.0904.